The van der Waals surface area contributed by atoms with Gasteiger partial charge in [0.1, 0.15) is 5.65 Å². The van der Waals surface area contributed by atoms with E-state index in [2.05, 4.69) is 27.6 Å². The molecule has 0 aliphatic carbocycles. The van der Waals surface area contributed by atoms with Gasteiger partial charge in [-0.05, 0) is 31.5 Å². The number of aromatic nitrogens is 2. The van der Waals surface area contributed by atoms with Crippen molar-refractivity contribution in [3.8, 4) is 0 Å². The minimum absolute atomic E-state index is 0.670. The molecule has 1 aliphatic heterocycles. The first kappa shape index (κ1) is 13.4. The van der Waals surface area contributed by atoms with Gasteiger partial charge < -0.3 is 15.0 Å². The summed E-state index contributed by atoms with van der Waals surface area (Å²) >= 11 is 0. The lowest BCUT2D eigenvalue weighted by Gasteiger charge is -2.25. The molecule has 2 N–H and O–H groups in total. The van der Waals surface area contributed by atoms with Gasteiger partial charge in [-0.25, -0.2) is 4.98 Å². The third-order valence-electron chi connectivity index (χ3n) is 4.14. The van der Waals surface area contributed by atoms with E-state index in [0.717, 1.165) is 31.0 Å². The lowest BCUT2D eigenvalue weighted by Crippen LogP contribution is -2.28. The molecular formula is C16H24N4. The van der Waals surface area contributed by atoms with Crippen molar-refractivity contribution in [1.82, 2.24) is 9.38 Å². The van der Waals surface area contributed by atoms with Crippen LogP contribution < -0.4 is 10.6 Å². The summed E-state index contributed by atoms with van der Waals surface area (Å²) in [5.74, 6) is 1.16. The van der Waals surface area contributed by atoms with Crippen LogP contribution in [0.1, 0.15) is 37.8 Å². The molecule has 1 saturated heterocycles. The highest BCUT2D eigenvalue weighted by Gasteiger charge is 2.18. The smallest absolute Gasteiger partial charge is 0.151 e. The van der Waals surface area contributed by atoms with Gasteiger partial charge in [0.05, 0.1) is 5.69 Å². The second kappa shape index (κ2) is 6.27. The van der Waals surface area contributed by atoms with Gasteiger partial charge in [0.25, 0.3) is 0 Å². The first-order valence-corrected chi connectivity index (χ1v) is 7.81. The Morgan fingerprint density at radius 2 is 1.80 bits per heavy atom. The molecule has 1 fully saturated rings. The van der Waals surface area contributed by atoms with Gasteiger partial charge in [-0.15, -0.1) is 0 Å². The molecule has 20 heavy (non-hydrogen) atoms. The van der Waals surface area contributed by atoms with Crippen molar-refractivity contribution >= 4 is 11.5 Å². The van der Waals surface area contributed by atoms with E-state index in [9.17, 15) is 0 Å². The predicted octanol–water partition coefficient (Wildman–Crippen LogP) is 2.61. The number of hydrogen-bond donors (Lipinski definition) is 1. The van der Waals surface area contributed by atoms with Crippen molar-refractivity contribution in [2.24, 2.45) is 5.73 Å². The highest BCUT2D eigenvalue weighted by Crippen LogP contribution is 2.24. The van der Waals surface area contributed by atoms with E-state index in [1.54, 1.807) is 0 Å². The van der Waals surface area contributed by atoms with E-state index in [-0.39, 0.29) is 0 Å². The normalized spacial score (nSPS) is 17.1. The molecule has 4 nitrogen and oxygen atoms in total. The summed E-state index contributed by atoms with van der Waals surface area (Å²) in [5, 5.41) is 0. The van der Waals surface area contributed by atoms with Gasteiger partial charge in [-0.1, -0.05) is 25.3 Å². The quantitative estimate of drug-likeness (QED) is 0.934. The molecule has 4 heteroatoms. The summed E-state index contributed by atoms with van der Waals surface area (Å²) in [5.41, 5.74) is 8.11. The molecular weight excluding hydrogens is 248 g/mol. The summed E-state index contributed by atoms with van der Waals surface area (Å²) in [6, 6.07) is 6.19. The molecule has 2 aromatic heterocycles. The molecule has 0 aromatic carbocycles. The van der Waals surface area contributed by atoms with Crippen LogP contribution >= 0.6 is 0 Å². The second-order valence-electron chi connectivity index (χ2n) is 5.60. The van der Waals surface area contributed by atoms with Crippen LogP contribution in [0.4, 0.5) is 5.82 Å². The third kappa shape index (κ3) is 2.66. The Morgan fingerprint density at radius 1 is 1.05 bits per heavy atom. The Bertz CT molecular complexity index is 553. The van der Waals surface area contributed by atoms with Gasteiger partial charge in [-0.3, -0.25) is 0 Å². The number of imidazole rings is 1. The largest absolute Gasteiger partial charge is 0.355 e. The molecule has 0 amide bonds. The Kier molecular flexibility index (Phi) is 4.21. The highest BCUT2D eigenvalue weighted by molar-refractivity contribution is 5.56. The fraction of sp³-hybridized carbons (Fsp3) is 0.562. The van der Waals surface area contributed by atoms with Crippen molar-refractivity contribution in [2.45, 2.75) is 38.5 Å². The Hall–Kier alpha value is -1.55. The summed E-state index contributed by atoms with van der Waals surface area (Å²) in [6.45, 7) is 2.92. The maximum atomic E-state index is 5.81. The second-order valence-corrected chi connectivity index (χ2v) is 5.60. The summed E-state index contributed by atoms with van der Waals surface area (Å²) in [4.78, 5) is 7.33. The molecule has 1 aliphatic rings. The Morgan fingerprint density at radius 3 is 2.55 bits per heavy atom. The van der Waals surface area contributed by atoms with Crippen molar-refractivity contribution < 1.29 is 0 Å². The summed E-state index contributed by atoms with van der Waals surface area (Å²) in [7, 11) is 0. The molecule has 3 rings (SSSR count). The summed E-state index contributed by atoms with van der Waals surface area (Å²) < 4.78 is 2.20. The van der Waals surface area contributed by atoms with E-state index in [4.69, 9.17) is 10.7 Å². The maximum absolute atomic E-state index is 5.81. The van der Waals surface area contributed by atoms with Crippen LogP contribution in [0.15, 0.2) is 24.4 Å². The molecule has 108 valence electrons. The fourth-order valence-electron chi connectivity index (χ4n) is 3.12. The van der Waals surface area contributed by atoms with Crippen LogP contribution in [0.5, 0.6) is 0 Å². The minimum Gasteiger partial charge on any atom is -0.355 e. The number of nitrogens with two attached hydrogens (primary N) is 1. The molecule has 2 aromatic rings. The Labute approximate surface area is 120 Å². The first-order valence-electron chi connectivity index (χ1n) is 7.81. The number of anilines is 1. The van der Waals surface area contributed by atoms with Crippen molar-refractivity contribution in [3.05, 3.63) is 30.1 Å². The Balaban J connectivity index is 1.97. The van der Waals surface area contributed by atoms with Crippen LogP contribution in [-0.2, 0) is 6.42 Å². The van der Waals surface area contributed by atoms with Gasteiger partial charge >= 0.3 is 0 Å². The average Bonchev–Trinajstić information content (AvgIpc) is 2.78. The molecule has 0 spiro atoms. The van der Waals surface area contributed by atoms with Gasteiger partial charge in [-0.2, -0.15) is 0 Å². The van der Waals surface area contributed by atoms with Crippen molar-refractivity contribution in [1.29, 1.82) is 0 Å². The van der Waals surface area contributed by atoms with E-state index in [0.29, 0.717) is 6.54 Å². The lowest BCUT2D eigenvalue weighted by atomic mass is 10.1. The summed E-state index contributed by atoms with van der Waals surface area (Å²) in [6.07, 6.45) is 9.60. The van der Waals surface area contributed by atoms with E-state index in [1.807, 2.05) is 6.07 Å². The topological polar surface area (TPSA) is 46.6 Å². The monoisotopic (exact) mass is 272 g/mol. The van der Waals surface area contributed by atoms with Gasteiger partial charge in [0.2, 0.25) is 0 Å². The van der Waals surface area contributed by atoms with Crippen LogP contribution in [-0.4, -0.2) is 29.0 Å². The van der Waals surface area contributed by atoms with Crippen molar-refractivity contribution in [2.75, 3.05) is 24.5 Å². The van der Waals surface area contributed by atoms with Crippen LogP contribution in [0, 0.1) is 0 Å². The fourth-order valence-corrected chi connectivity index (χ4v) is 3.12. The molecule has 0 saturated carbocycles. The molecule has 0 radical (unpaired) electrons. The first-order chi connectivity index (χ1) is 9.90. The van der Waals surface area contributed by atoms with Crippen molar-refractivity contribution in [3.63, 3.8) is 0 Å². The van der Waals surface area contributed by atoms with Crippen LogP contribution in [0.25, 0.3) is 5.65 Å². The SMILES string of the molecule is NCCc1c(N2CCCCCCC2)nc2ccccn12. The van der Waals surface area contributed by atoms with Gasteiger partial charge in [0, 0.05) is 25.7 Å². The number of hydrogen-bond acceptors (Lipinski definition) is 3. The molecule has 0 bridgehead atoms. The lowest BCUT2D eigenvalue weighted by molar-refractivity contribution is 0.553. The number of rotatable bonds is 3. The zero-order chi connectivity index (χ0) is 13.8. The third-order valence-corrected chi connectivity index (χ3v) is 4.14. The maximum Gasteiger partial charge on any atom is 0.151 e. The van der Waals surface area contributed by atoms with E-state index in [1.165, 1.54) is 37.8 Å². The zero-order valence-electron chi connectivity index (χ0n) is 12.1. The molecule has 0 unspecified atom stereocenters. The molecule has 3 heterocycles. The zero-order valence-corrected chi connectivity index (χ0v) is 12.1. The van der Waals surface area contributed by atoms with E-state index < -0.39 is 0 Å². The number of nitrogens with zero attached hydrogens (tertiary/aromatic N) is 3. The van der Waals surface area contributed by atoms with Gasteiger partial charge in [0.15, 0.2) is 5.82 Å². The number of fused-ring (bicyclic) bond motifs is 1. The standard InChI is InChI=1S/C16H24N4/c17-10-9-14-16(18-15-8-4-7-13-20(14)15)19-11-5-2-1-3-6-12-19/h4,7-8,13H,1-3,5-6,9-12,17H2. The minimum atomic E-state index is 0.670. The highest BCUT2D eigenvalue weighted by atomic mass is 15.2. The average molecular weight is 272 g/mol. The predicted molar refractivity (Wildman–Crippen MR) is 83.2 cm³/mol. The van der Waals surface area contributed by atoms with Crippen LogP contribution in [0.3, 0.4) is 0 Å². The van der Waals surface area contributed by atoms with E-state index >= 15 is 0 Å². The van der Waals surface area contributed by atoms with Crippen LogP contribution in [0.2, 0.25) is 0 Å². The number of pyridine rings is 1. The molecule has 0 atom stereocenters.